The van der Waals surface area contributed by atoms with Crippen LogP contribution in [0.15, 0.2) is 24.5 Å². The summed E-state index contributed by atoms with van der Waals surface area (Å²) in [6.07, 6.45) is 15.0. The van der Waals surface area contributed by atoms with Gasteiger partial charge in [-0.05, 0) is 61.6 Å². The molecule has 6 heteroatoms. The zero-order valence-electron chi connectivity index (χ0n) is 18.5. The Morgan fingerprint density at radius 2 is 1.68 bits per heavy atom. The zero-order valence-corrected chi connectivity index (χ0v) is 18.5. The van der Waals surface area contributed by atoms with E-state index >= 15 is 0 Å². The van der Waals surface area contributed by atoms with E-state index in [0.717, 1.165) is 76.1 Å². The number of rotatable bonds is 5. The first-order chi connectivity index (χ1) is 15.2. The van der Waals surface area contributed by atoms with Crippen molar-refractivity contribution in [2.75, 3.05) is 26.2 Å². The maximum absolute atomic E-state index is 12.9. The van der Waals surface area contributed by atoms with E-state index in [-0.39, 0.29) is 5.91 Å². The highest BCUT2D eigenvalue weighted by Gasteiger charge is 2.27. The number of carbonyl (C=O) groups is 2. The summed E-state index contributed by atoms with van der Waals surface area (Å²) in [7, 11) is 0. The number of pyridine rings is 1. The number of nitrogens with zero attached hydrogens (tertiary/aromatic N) is 4. The van der Waals surface area contributed by atoms with Crippen molar-refractivity contribution in [2.45, 2.75) is 70.1 Å². The molecule has 2 aromatic rings. The van der Waals surface area contributed by atoms with Crippen molar-refractivity contribution < 1.29 is 9.59 Å². The highest BCUT2D eigenvalue weighted by molar-refractivity contribution is 6.00. The minimum Gasteiger partial charge on any atom is -0.343 e. The Kier molecular flexibility index (Phi) is 5.97. The number of fused-ring (bicyclic) bond motifs is 1. The van der Waals surface area contributed by atoms with Gasteiger partial charge < -0.3 is 9.80 Å². The summed E-state index contributed by atoms with van der Waals surface area (Å²) in [5.41, 5.74) is 2.88. The summed E-state index contributed by atoms with van der Waals surface area (Å²) in [5.74, 6) is 1.66. The van der Waals surface area contributed by atoms with Gasteiger partial charge in [-0.25, -0.2) is 4.52 Å². The van der Waals surface area contributed by atoms with Crippen LogP contribution in [0.4, 0.5) is 0 Å². The van der Waals surface area contributed by atoms with E-state index < -0.39 is 0 Å². The van der Waals surface area contributed by atoms with Crippen LogP contribution in [0.5, 0.6) is 0 Å². The lowest BCUT2D eigenvalue weighted by molar-refractivity contribution is -0.132. The Bertz CT molecular complexity index is 932. The molecule has 0 spiro atoms. The molecule has 0 aromatic carbocycles. The molecule has 166 valence electrons. The quantitative estimate of drug-likeness (QED) is 0.724. The molecule has 4 heterocycles. The maximum Gasteiger partial charge on any atom is 0.257 e. The molecule has 3 fully saturated rings. The smallest absolute Gasteiger partial charge is 0.257 e. The first kappa shape index (κ1) is 20.5. The average molecular weight is 423 g/mol. The summed E-state index contributed by atoms with van der Waals surface area (Å²) >= 11 is 0. The van der Waals surface area contributed by atoms with Crippen LogP contribution in [0.2, 0.25) is 0 Å². The predicted molar refractivity (Wildman–Crippen MR) is 120 cm³/mol. The van der Waals surface area contributed by atoms with Gasteiger partial charge in [-0.3, -0.25) is 9.59 Å². The van der Waals surface area contributed by atoms with Crippen molar-refractivity contribution in [3.8, 4) is 0 Å². The number of amides is 2. The summed E-state index contributed by atoms with van der Waals surface area (Å²) in [5, 5.41) is 4.40. The van der Waals surface area contributed by atoms with Gasteiger partial charge in [-0.2, -0.15) is 5.10 Å². The third kappa shape index (κ3) is 4.35. The first-order valence-electron chi connectivity index (χ1n) is 12.2. The molecule has 6 nitrogen and oxygen atoms in total. The Morgan fingerprint density at radius 1 is 0.935 bits per heavy atom. The van der Waals surface area contributed by atoms with Crippen LogP contribution in [0.25, 0.3) is 5.52 Å². The van der Waals surface area contributed by atoms with Gasteiger partial charge in [-0.1, -0.05) is 25.7 Å². The van der Waals surface area contributed by atoms with Gasteiger partial charge >= 0.3 is 0 Å². The number of piperidine rings is 1. The third-order valence-electron chi connectivity index (χ3n) is 7.73. The molecule has 31 heavy (non-hydrogen) atoms. The second kappa shape index (κ2) is 9.01. The molecule has 1 aliphatic carbocycles. The second-order valence-electron chi connectivity index (χ2n) is 9.69. The lowest BCUT2D eigenvalue weighted by Crippen LogP contribution is -2.38. The molecule has 1 saturated carbocycles. The van der Waals surface area contributed by atoms with Crippen LogP contribution >= 0.6 is 0 Å². The van der Waals surface area contributed by atoms with Crippen LogP contribution in [0.3, 0.4) is 0 Å². The normalized spacial score (nSPS) is 20.8. The summed E-state index contributed by atoms with van der Waals surface area (Å²) in [6, 6.07) is 4.28. The van der Waals surface area contributed by atoms with Gasteiger partial charge in [0.1, 0.15) is 0 Å². The van der Waals surface area contributed by atoms with E-state index in [2.05, 4.69) is 22.1 Å². The minimum absolute atomic E-state index is 0.104. The molecule has 0 N–H and O–H groups in total. The van der Waals surface area contributed by atoms with Crippen LogP contribution in [-0.4, -0.2) is 57.4 Å². The van der Waals surface area contributed by atoms with E-state index in [1.54, 1.807) is 6.20 Å². The lowest BCUT2D eigenvalue weighted by Gasteiger charge is -2.32. The topological polar surface area (TPSA) is 57.9 Å². The monoisotopic (exact) mass is 422 g/mol. The van der Waals surface area contributed by atoms with Gasteiger partial charge in [0.25, 0.3) is 5.91 Å². The molecule has 0 bridgehead atoms. The molecule has 3 aliphatic rings. The Hall–Kier alpha value is -2.37. The molecular weight excluding hydrogens is 388 g/mol. The van der Waals surface area contributed by atoms with Gasteiger partial charge in [0, 0.05) is 38.8 Å². The molecule has 2 saturated heterocycles. The Morgan fingerprint density at radius 3 is 2.42 bits per heavy atom. The van der Waals surface area contributed by atoms with Crippen molar-refractivity contribution in [3.05, 3.63) is 35.7 Å². The van der Waals surface area contributed by atoms with E-state index in [1.807, 2.05) is 15.6 Å². The number of carbonyl (C=O) groups excluding carboxylic acids is 2. The molecule has 2 amide bonds. The second-order valence-corrected chi connectivity index (χ2v) is 9.69. The van der Waals surface area contributed by atoms with Crippen molar-refractivity contribution >= 4 is 17.3 Å². The van der Waals surface area contributed by atoms with Crippen LogP contribution in [0.1, 0.15) is 86.0 Å². The van der Waals surface area contributed by atoms with Crippen molar-refractivity contribution in [1.29, 1.82) is 0 Å². The standard InChI is InChI=1S/C25H34N4O2/c30-24(8-7-19-5-1-2-6-19)27-14-9-20(10-15-27)21-11-16-29-23(17-21)22(18-26-29)25(31)28-12-3-4-13-28/h11,16-20H,1-10,12-15H2. The zero-order chi connectivity index (χ0) is 21.2. The van der Waals surface area contributed by atoms with E-state index in [0.29, 0.717) is 17.4 Å². The Balaban J connectivity index is 1.21. The predicted octanol–water partition coefficient (Wildman–Crippen LogP) is 4.25. The summed E-state index contributed by atoms with van der Waals surface area (Å²) in [6.45, 7) is 3.39. The van der Waals surface area contributed by atoms with E-state index in [9.17, 15) is 9.59 Å². The number of hydrogen-bond acceptors (Lipinski definition) is 3. The largest absolute Gasteiger partial charge is 0.343 e. The summed E-state index contributed by atoms with van der Waals surface area (Å²) in [4.78, 5) is 29.6. The average Bonchev–Trinajstić information content (AvgIpc) is 3.58. The minimum atomic E-state index is 0.104. The van der Waals surface area contributed by atoms with Crippen LogP contribution in [-0.2, 0) is 4.79 Å². The lowest BCUT2D eigenvalue weighted by atomic mass is 9.89. The number of hydrogen-bond donors (Lipinski definition) is 0. The molecular formula is C25H34N4O2. The fourth-order valence-electron chi connectivity index (χ4n) is 5.75. The van der Waals surface area contributed by atoms with Crippen molar-refractivity contribution in [2.24, 2.45) is 5.92 Å². The van der Waals surface area contributed by atoms with Crippen molar-refractivity contribution in [1.82, 2.24) is 19.4 Å². The van der Waals surface area contributed by atoms with Crippen LogP contribution in [0, 0.1) is 5.92 Å². The molecule has 2 aromatic heterocycles. The summed E-state index contributed by atoms with van der Waals surface area (Å²) < 4.78 is 1.81. The fourth-order valence-corrected chi connectivity index (χ4v) is 5.75. The molecule has 0 radical (unpaired) electrons. The third-order valence-corrected chi connectivity index (χ3v) is 7.73. The number of aromatic nitrogens is 2. The Labute approximate surface area is 184 Å². The molecule has 0 unspecified atom stereocenters. The molecule has 0 atom stereocenters. The molecule has 2 aliphatic heterocycles. The molecule has 5 rings (SSSR count). The van der Waals surface area contributed by atoms with E-state index in [1.165, 1.54) is 31.2 Å². The SMILES string of the molecule is O=C(CCC1CCCC1)N1CCC(c2ccn3ncc(C(=O)N4CCCC4)c3c2)CC1. The van der Waals surface area contributed by atoms with Gasteiger partial charge in [0.2, 0.25) is 5.91 Å². The highest BCUT2D eigenvalue weighted by Crippen LogP contribution is 2.32. The first-order valence-corrected chi connectivity index (χ1v) is 12.2. The van der Waals surface area contributed by atoms with Gasteiger partial charge in [-0.15, -0.1) is 0 Å². The van der Waals surface area contributed by atoms with Gasteiger partial charge in [0.15, 0.2) is 0 Å². The van der Waals surface area contributed by atoms with Crippen molar-refractivity contribution in [3.63, 3.8) is 0 Å². The maximum atomic E-state index is 12.9. The highest BCUT2D eigenvalue weighted by atomic mass is 16.2. The number of likely N-dealkylation sites (tertiary alicyclic amines) is 2. The van der Waals surface area contributed by atoms with Crippen LogP contribution < -0.4 is 0 Å². The fraction of sp³-hybridized carbons (Fsp3) is 0.640. The van der Waals surface area contributed by atoms with E-state index in [4.69, 9.17) is 0 Å². The van der Waals surface area contributed by atoms with Gasteiger partial charge in [0.05, 0.1) is 17.3 Å².